The van der Waals surface area contributed by atoms with Crippen LogP contribution in [0.4, 0.5) is 0 Å². The van der Waals surface area contributed by atoms with Crippen molar-refractivity contribution in [1.82, 2.24) is 9.97 Å². The van der Waals surface area contributed by atoms with Gasteiger partial charge in [-0.05, 0) is 11.6 Å². The molecule has 0 fully saturated rings. The number of fused-ring (bicyclic) bond motifs is 1. The van der Waals surface area contributed by atoms with Crippen LogP contribution in [0.2, 0.25) is 0 Å². The summed E-state index contributed by atoms with van der Waals surface area (Å²) >= 11 is 4.95. The zero-order valence-electron chi connectivity index (χ0n) is 6.78. The highest BCUT2D eigenvalue weighted by atomic mass is 32.1. The van der Waals surface area contributed by atoms with Gasteiger partial charge in [0.05, 0.1) is 17.6 Å². The van der Waals surface area contributed by atoms with E-state index in [1.807, 2.05) is 0 Å². The Morgan fingerprint density at radius 2 is 2.31 bits per heavy atom. The Balaban J connectivity index is 2.82. The van der Waals surface area contributed by atoms with E-state index in [1.54, 1.807) is 18.6 Å². The molecular weight excluding hydrogens is 184 g/mol. The molecule has 0 saturated carbocycles. The predicted octanol–water partition coefficient (Wildman–Crippen LogP) is 1.57. The molecule has 0 atom stereocenters. The molecule has 0 amide bonds. The average Bonchev–Trinajstić information content (AvgIpc) is 2.19. The minimum absolute atomic E-state index is 0.0217. The van der Waals surface area contributed by atoms with Crippen LogP contribution in [0.25, 0.3) is 11.3 Å². The second-order valence-corrected chi connectivity index (χ2v) is 3.00. The molecule has 1 radical (unpaired) electrons. The first kappa shape index (κ1) is 8.31. The Hall–Kier alpha value is -1.29. The van der Waals surface area contributed by atoms with Gasteiger partial charge in [-0.25, -0.2) is 4.98 Å². The molecule has 65 valence electrons. The van der Waals surface area contributed by atoms with Crippen molar-refractivity contribution < 1.29 is 0 Å². The molecular formula is C9H7N2OS. The number of nitrogens with zero attached hydrogens (tertiary/aromatic N) is 1. The third-order valence-corrected chi connectivity index (χ3v) is 2.25. The van der Waals surface area contributed by atoms with Crippen LogP contribution < -0.4 is 5.43 Å². The van der Waals surface area contributed by atoms with E-state index in [9.17, 15) is 4.79 Å². The molecule has 1 N–H and O–H groups in total. The van der Waals surface area contributed by atoms with Crippen LogP contribution in [0.5, 0.6) is 0 Å². The largest absolute Gasteiger partial charge is 0.345 e. The molecule has 0 aromatic rings. The van der Waals surface area contributed by atoms with Crippen LogP contribution in [-0.4, -0.2) is 9.97 Å². The highest BCUT2D eigenvalue weighted by molar-refractivity contribution is 7.79. The van der Waals surface area contributed by atoms with Gasteiger partial charge in [0, 0.05) is 11.9 Å². The van der Waals surface area contributed by atoms with Crippen molar-refractivity contribution in [1.29, 1.82) is 0 Å². The number of hydrogen-bond acceptors (Lipinski definition) is 2. The highest BCUT2D eigenvalue weighted by Crippen LogP contribution is 2.19. The lowest BCUT2D eigenvalue weighted by atomic mass is 10.1. The zero-order valence-corrected chi connectivity index (χ0v) is 7.60. The van der Waals surface area contributed by atoms with Crippen molar-refractivity contribution in [2.75, 3.05) is 0 Å². The van der Waals surface area contributed by atoms with Crippen molar-refractivity contribution in [2.24, 2.45) is 0 Å². The standard InChI is InChI=1S/C9H7N2OS/c12-8-2-1-6(4-13)9-7(8)3-10-5-11-9/h1-3,5H,4H2,(H,10,11). The zero-order chi connectivity index (χ0) is 9.26. The van der Waals surface area contributed by atoms with E-state index >= 15 is 0 Å². The normalized spacial score (nSPS) is 10.5. The molecule has 2 aliphatic rings. The molecule has 0 unspecified atom stereocenters. The number of benzene rings is 1. The van der Waals surface area contributed by atoms with Gasteiger partial charge in [0.1, 0.15) is 0 Å². The SMILES string of the molecule is O=c1ccc(C[S])c2[nH]cncc1-2. The van der Waals surface area contributed by atoms with Crippen LogP contribution in [-0.2, 0) is 5.75 Å². The van der Waals surface area contributed by atoms with Crippen LogP contribution in [0.3, 0.4) is 0 Å². The number of H-pyrrole nitrogens is 1. The summed E-state index contributed by atoms with van der Waals surface area (Å²) in [5.74, 6) is 0.497. The Labute approximate surface area is 80.6 Å². The van der Waals surface area contributed by atoms with Crippen molar-refractivity contribution in [3.8, 4) is 11.3 Å². The minimum atomic E-state index is -0.0217. The van der Waals surface area contributed by atoms with Gasteiger partial charge in [0.15, 0.2) is 5.43 Å². The summed E-state index contributed by atoms with van der Waals surface area (Å²) in [6.45, 7) is 0. The van der Waals surface area contributed by atoms with Crippen LogP contribution >= 0.6 is 12.6 Å². The van der Waals surface area contributed by atoms with Crippen molar-refractivity contribution in [2.45, 2.75) is 5.75 Å². The van der Waals surface area contributed by atoms with Crippen molar-refractivity contribution in [3.63, 3.8) is 0 Å². The highest BCUT2D eigenvalue weighted by Gasteiger charge is 2.09. The summed E-state index contributed by atoms with van der Waals surface area (Å²) in [7, 11) is 0. The Bertz CT molecular complexity index is 452. The van der Waals surface area contributed by atoms with E-state index in [2.05, 4.69) is 9.97 Å². The summed E-state index contributed by atoms with van der Waals surface area (Å²) in [5, 5.41) is 0. The molecule has 0 spiro atoms. The molecule has 0 aromatic carbocycles. The Morgan fingerprint density at radius 3 is 3.08 bits per heavy atom. The lowest BCUT2D eigenvalue weighted by Gasteiger charge is -2.06. The van der Waals surface area contributed by atoms with E-state index in [4.69, 9.17) is 12.6 Å². The van der Waals surface area contributed by atoms with E-state index in [1.165, 1.54) is 6.07 Å². The Morgan fingerprint density at radius 1 is 1.46 bits per heavy atom. The monoisotopic (exact) mass is 191 g/mol. The molecule has 1 heterocycles. The number of aromatic nitrogens is 2. The lowest BCUT2D eigenvalue weighted by molar-refractivity contribution is 1.14. The lowest BCUT2D eigenvalue weighted by Crippen LogP contribution is -2.07. The summed E-state index contributed by atoms with van der Waals surface area (Å²) in [6, 6.07) is 3.29. The quantitative estimate of drug-likeness (QED) is 0.743. The molecule has 0 saturated heterocycles. The summed E-state index contributed by atoms with van der Waals surface area (Å²) < 4.78 is 0. The molecule has 0 bridgehead atoms. The number of rotatable bonds is 1. The maximum Gasteiger partial charge on any atom is 0.189 e. The Kier molecular flexibility index (Phi) is 2.06. The van der Waals surface area contributed by atoms with Crippen LogP contribution in [0, 0.1) is 0 Å². The van der Waals surface area contributed by atoms with Crippen LogP contribution in [0.15, 0.2) is 29.5 Å². The maximum absolute atomic E-state index is 11.4. The first-order valence-corrected chi connectivity index (χ1v) is 4.43. The fraction of sp³-hybridized carbons (Fsp3) is 0.111. The van der Waals surface area contributed by atoms with Crippen molar-refractivity contribution >= 4 is 12.6 Å². The minimum Gasteiger partial charge on any atom is -0.345 e. The predicted molar refractivity (Wildman–Crippen MR) is 52.8 cm³/mol. The molecule has 13 heavy (non-hydrogen) atoms. The van der Waals surface area contributed by atoms with Gasteiger partial charge < -0.3 is 4.98 Å². The molecule has 2 rings (SSSR count). The summed E-state index contributed by atoms with van der Waals surface area (Å²) in [4.78, 5) is 18.1. The average molecular weight is 191 g/mol. The second-order valence-electron chi connectivity index (χ2n) is 2.71. The number of hydrogen-bond donors (Lipinski definition) is 1. The molecule has 3 nitrogen and oxygen atoms in total. The fourth-order valence-electron chi connectivity index (χ4n) is 1.28. The van der Waals surface area contributed by atoms with Gasteiger partial charge in [-0.3, -0.25) is 4.79 Å². The maximum atomic E-state index is 11.4. The molecule has 4 heteroatoms. The van der Waals surface area contributed by atoms with E-state index in [0.717, 1.165) is 11.3 Å². The van der Waals surface area contributed by atoms with Gasteiger partial charge in [-0.15, -0.1) is 0 Å². The van der Waals surface area contributed by atoms with Gasteiger partial charge in [0.2, 0.25) is 0 Å². The van der Waals surface area contributed by atoms with Gasteiger partial charge in [-0.2, -0.15) is 0 Å². The fourth-order valence-corrected chi connectivity index (χ4v) is 1.52. The third kappa shape index (κ3) is 1.33. The third-order valence-electron chi connectivity index (χ3n) is 1.93. The van der Waals surface area contributed by atoms with Crippen LogP contribution in [0.1, 0.15) is 5.56 Å². The summed E-state index contributed by atoms with van der Waals surface area (Å²) in [5.41, 5.74) is 2.35. The van der Waals surface area contributed by atoms with Crippen molar-refractivity contribution in [3.05, 3.63) is 40.4 Å². The molecule has 0 aromatic heterocycles. The van der Waals surface area contributed by atoms with E-state index < -0.39 is 0 Å². The van der Waals surface area contributed by atoms with Gasteiger partial charge in [-0.1, -0.05) is 18.7 Å². The molecule has 1 aliphatic heterocycles. The van der Waals surface area contributed by atoms with Gasteiger partial charge in [0.25, 0.3) is 0 Å². The van der Waals surface area contributed by atoms with Gasteiger partial charge >= 0.3 is 0 Å². The smallest absolute Gasteiger partial charge is 0.189 e. The summed E-state index contributed by atoms with van der Waals surface area (Å²) in [6.07, 6.45) is 3.11. The van der Waals surface area contributed by atoms with E-state index in [0.29, 0.717) is 11.3 Å². The number of nitrogens with one attached hydrogen (secondary N) is 1. The topological polar surface area (TPSA) is 45.8 Å². The molecule has 1 aliphatic carbocycles. The van der Waals surface area contributed by atoms with E-state index in [-0.39, 0.29) is 5.43 Å². The second kappa shape index (κ2) is 3.22. The first-order valence-electron chi connectivity index (χ1n) is 3.85. The first-order chi connectivity index (χ1) is 6.33. The number of aromatic amines is 1.